The summed E-state index contributed by atoms with van der Waals surface area (Å²) in [6.07, 6.45) is 5.79. The molecule has 0 radical (unpaired) electrons. The van der Waals surface area contributed by atoms with E-state index < -0.39 is 6.04 Å². The van der Waals surface area contributed by atoms with Crippen LogP contribution in [0.5, 0.6) is 5.75 Å². The Morgan fingerprint density at radius 3 is 2.31 bits per heavy atom. The van der Waals surface area contributed by atoms with Crippen molar-refractivity contribution in [3.8, 4) is 5.75 Å². The number of nitrogens with zero attached hydrogens (tertiary/aromatic N) is 1. The standard InChI is InChI=1S/C32H36BrClN2O3/c1-22-16-28(17-23(2)31(22)34)39-21-30(37)36(20-25-12-9-13-26(33)18-25)29(19-24-10-5-3-6-11-24)32(38)35-27-14-7-4-8-15-27/h3,5-6,9-13,16-18,27,29H,4,7-8,14-15,19-21H2,1-2H3,(H,35,38). The fourth-order valence-corrected chi connectivity index (χ4v) is 5.70. The molecule has 3 aromatic carbocycles. The zero-order valence-electron chi connectivity index (χ0n) is 22.6. The van der Waals surface area contributed by atoms with Gasteiger partial charge in [0, 0.05) is 28.5 Å². The summed E-state index contributed by atoms with van der Waals surface area (Å²) in [6, 6.07) is 20.8. The van der Waals surface area contributed by atoms with Gasteiger partial charge in [-0.1, -0.05) is 89.3 Å². The molecule has 1 N–H and O–H groups in total. The molecule has 0 spiro atoms. The van der Waals surface area contributed by atoms with Crippen LogP contribution in [-0.4, -0.2) is 35.4 Å². The minimum atomic E-state index is -0.682. The molecule has 7 heteroatoms. The van der Waals surface area contributed by atoms with E-state index >= 15 is 0 Å². The van der Waals surface area contributed by atoms with Crippen molar-refractivity contribution in [2.75, 3.05) is 6.61 Å². The maximum absolute atomic E-state index is 13.9. The Morgan fingerprint density at radius 2 is 1.64 bits per heavy atom. The topological polar surface area (TPSA) is 58.6 Å². The Morgan fingerprint density at radius 1 is 0.974 bits per heavy atom. The van der Waals surface area contributed by atoms with E-state index in [1.54, 1.807) is 4.90 Å². The van der Waals surface area contributed by atoms with Gasteiger partial charge >= 0.3 is 0 Å². The van der Waals surface area contributed by atoms with Crippen LogP contribution in [-0.2, 0) is 22.6 Å². The van der Waals surface area contributed by atoms with Crippen LogP contribution in [0.15, 0.2) is 71.2 Å². The summed E-state index contributed by atoms with van der Waals surface area (Å²) in [5, 5.41) is 3.96. The van der Waals surface area contributed by atoms with Crippen LogP contribution in [0, 0.1) is 13.8 Å². The highest BCUT2D eigenvalue weighted by atomic mass is 79.9. The third-order valence-corrected chi connectivity index (χ3v) is 8.33. The van der Waals surface area contributed by atoms with Crippen LogP contribution < -0.4 is 10.1 Å². The smallest absolute Gasteiger partial charge is 0.261 e. The molecule has 2 amide bonds. The van der Waals surface area contributed by atoms with Crippen molar-refractivity contribution in [2.45, 2.75) is 71.0 Å². The molecular weight excluding hydrogens is 576 g/mol. The van der Waals surface area contributed by atoms with Crippen LogP contribution in [0.2, 0.25) is 5.02 Å². The van der Waals surface area contributed by atoms with Crippen molar-refractivity contribution < 1.29 is 14.3 Å². The first-order valence-electron chi connectivity index (χ1n) is 13.6. The van der Waals surface area contributed by atoms with Gasteiger partial charge in [0.05, 0.1) is 0 Å². The number of amides is 2. The highest BCUT2D eigenvalue weighted by Gasteiger charge is 2.32. The molecule has 1 fully saturated rings. The SMILES string of the molecule is Cc1cc(OCC(=O)N(Cc2cccc(Br)c2)C(Cc2ccccc2)C(=O)NC2CCCCC2)cc(C)c1Cl. The molecule has 1 atom stereocenters. The maximum atomic E-state index is 13.9. The number of carbonyl (C=O) groups is 2. The summed E-state index contributed by atoms with van der Waals surface area (Å²) < 4.78 is 6.88. The van der Waals surface area contributed by atoms with Gasteiger partial charge in [-0.3, -0.25) is 9.59 Å². The monoisotopic (exact) mass is 610 g/mol. The van der Waals surface area contributed by atoms with Crippen LogP contribution in [0.25, 0.3) is 0 Å². The molecule has 0 aliphatic heterocycles. The van der Waals surface area contributed by atoms with E-state index in [1.165, 1.54) is 6.42 Å². The minimum Gasteiger partial charge on any atom is -0.484 e. The number of benzene rings is 3. The van der Waals surface area contributed by atoms with Gasteiger partial charge in [0.2, 0.25) is 5.91 Å². The van der Waals surface area contributed by atoms with Gasteiger partial charge in [0.15, 0.2) is 6.61 Å². The molecule has 1 aliphatic carbocycles. The molecule has 39 heavy (non-hydrogen) atoms. The van der Waals surface area contributed by atoms with Crippen molar-refractivity contribution in [3.05, 3.63) is 98.5 Å². The van der Waals surface area contributed by atoms with Gasteiger partial charge in [0.1, 0.15) is 11.8 Å². The molecular formula is C32H36BrClN2O3. The van der Waals surface area contributed by atoms with Crippen molar-refractivity contribution in [1.29, 1.82) is 0 Å². The van der Waals surface area contributed by atoms with Gasteiger partial charge in [-0.25, -0.2) is 0 Å². The van der Waals surface area contributed by atoms with E-state index in [4.69, 9.17) is 16.3 Å². The van der Waals surface area contributed by atoms with Gasteiger partial charge < -0.3 is 15.0 Å². The second-order valence-electron chi connectivity index (χ2n) is 10.4. The average molecular weight is 612 g/mol. The summed E-state index contributed by atoms with van der Waals surface area (Å²) in [4.78, 5) is 29.4. The molecule has 0 bridgehead atoms. The average Bonchev–Trinajstić information content (AvgIpc) is 2.93. The molecule has 0 heterocycles. The van der Waals surface area contributed by atoms with Crippen LogP contribution >= 0.6 is 27.5 Å². The van der Waals surface area contributed by atoms with E-state index in [2.05, 4.69) is 21.2 Å². The van der Waals surface area contributed by atoms with E-state index in [0.717, 1.165) is 52.4 Å². The fraction of sp³-hybridized carbons (Fsp3) is 0.375. The molecule has 206 valence electrons. The second-order valence-corrected chi connectivity index (χ2v) is 11.7. The van der Waals surface area contributed by atoms with Crippen LogP contribution in [0.1, 0.15) is 54.4 Å². The lowest BCUT2D eigenvalue weighted by molar-refractivity contribution is -0.143. The normalized spacial score (nSPS) is 14.5. The molecule has 1 aliphatic rings. The summed E-state index contributed by atoms with van der Waals surface area (Å²) >= 11 is 9.86. The Kier molecular flexibility index (Phi) is 10.5. The Balaban J connectivity index is 1.62. The Hall–Kier alpha value is -2.83. The van der Waals surface area contributed by atoms with E-state index in [1.807, 2.05) is 80.6 Å². The first-order valence-corrected chi connectivity index (χ1v) is 14.7. The maximum Gasteiger partial charge on any atom is 0.261 e. The number of aryl methyl sites for hydroxylation is 2. The van der Waals surface area contributed by atoms with Crippen LogP contribution in [0.4, 0.5) is 0 Å². The Bertz CT molecular complexity index is 1250. The number of halogens is 2. The largest absolute Gasteiger partial charge is 0.484 e. The zero-order chi connectivity index (χ0) is 27.8. The lowest BCUT2D eigenvalue weighted by Crippen LogP contribution is -2.53. The lowest BCUT2D eigenvalue weighted by atomic mass is 9.94. The van der Waals surface area contributed by atoms with Crippen molar-refractivity contribution in [3.63, 3.8) is 0 Å². The van der Waals surface area contributed by atoms with Gasteiger partial charge in [-0.2, -0.15) is 0 Å². The highest BCUT2D eigenvalue weighted by Crippen LogP contribution is 2.26. The molecule has 0 aromatic heterocycles. The van der Waals surface area contributed by atoms with Gasteiger partial charge in [-0.05, 0) is 73.2 Å². The summed E-state index contributed by atoms with van der Waals surface area (Å²) in [7, 11) is 0. The zero-order valence-corrected chi connectivity index (χ0v) is 24.9. The third-order valence-electron chi connectivity index (χ3n) is 7.24. The summed E-state index contributed by atoms with van der Waals surface area (Å²) in [5.74, 6) is 0.212. The quantitative estimate of drug-likeness (QED) is 0.264. The fourth-order valence-electron chi connectivity index (χ4n) is 5.15. The van der Waals surface area contributed by atoms with E-state index in [-0.39, 0.29) is 31.0 Å². The van der Waals surface area contributed by atoms with E-state index in [9.17, 15) is 9.59 Å². The first-order chi connectivity index (χ1) is 18.8. The van der Waals surface area contributed by atoms with Crippen molar-refractivity contribution in [2.24, 2.45) is 0 Å². The second kappa shape index (κ2) is 14.0. The van der Waals surface area contributed by atoms with Crippen molar-refractivity contribution >= 4 is 39.3 Å². The predicted octanol–water partition coefficient (Wildman–Crippen LogP) is 7.19. The number of ether oxygens (including phenoxy) is 1. The number of hydrogen-bond acceptors (Lipinski definition) is 3. The van der Waals surface area contributed by atoms with Crippen molar-refractivity contribution in [1.82, 2.24) is 10.2 Å². The lowest BCUT2D eigenvalue weighted by Gasteiger charge is -2.33. The molecule has 1 saturated carbocycles. The van der Waals surface area contributed by atoms with Gasteiger partial charge in [-0.15, -0.1) is 0 Å². The molecule has 3 aromatic rings. The Labute approximate surface area is 245 Å². The summed E-state index contributed by atoms with van der Waals surface area (Å²) in [6.45, 7) is 3.93. The number of hydrogen-bond donors (Lipinski definition) is 1. The first kappa shape index (κ1) is 29.2. The number of carbonyl (C=O) groups excluding carboxylic acids is 2. The molecule has 4 rings (SSSR count). The molecule has 5 nitrogen and oxygen atoms in total. The van der Waals surface area contributed by atoms with E-state index in [0.29, 0.717) is 17.2 Å². The molecule has 1 unspecified atom stereocenters. The minimum absolute atomic E-state index is 0.118. The molecule has 0 saturated heterocycles. The van der Waals surface area contributed by atoms with Gasteiger partial charge in [0.25, 0.3) is 5.91 Å². The number of rotatable bonds is 10. The predicted molar refractivity (Wildman–Crippen MR) is 160 cm³/mol. The van der Waals surface area contributed by atoms with Crippen LogP contribution in [0.3, 0.4) is 0 Å². The third kappa shape index (κ3) is 8.33. The number of nitrogens with one attached hydrogen (secondary N) is 1. The summed E-state index contributed by atoms with van der Waals surface area (Å²) in [5.41, 5.74) is 3.70. The highest BCUT2D eigenvalue weighted by molar-refractivity contribution is 9.10.